The van der Waals surface area contributed by atoms with E-state index < -0.39 is 6.09 Å². The van der Waals surface area contributed by atoms with Crippen molar-refractivity contribution in [1.82, 2.24) is 14.5 Å². The van der Waals surface area contributed by atoms with E-state index in [0.29, 0.717) is 30.4 Å². The van der Waals surface area contributed by atoms with Crippen molar-refractivity contribution in [1.29, 1.82) is 0 Å². The normalized spacial score (nSPS) is 11.3. The summed E-state index contributed by atoms with van der Waals surface area (Å²) in [5, 5.41) is 1.36. The minimum Gasteiger partial charge on any atom is -0.445 e. The summed E-state index contributed by atoms with van der Waals surface area (Å²) in [5.41, 5.74) is 9.36. The quantitative estimate of drug-likeness (QED) is 0.443. The van der Waals surface area contributed by atoms with Gasteiger partial charge < -0.3 is 19.8 Å². The Hall–Kier alpha value is -3.16. The zero-order valence-electron chi connectivity index (χ0n) is 16.5. The zero-order valence-corrected chi connectivity index (χ0v) is 17.2. The Bertz CT molecular complexity index is 1200. The Balaban J connectivity index is 1.77. The molecule has 4 rings (SSSR count). The van der Waals surface area contributed by atoms with Gasteiger partial charge in [-0.05, 0) is 24.1 Å². The highest BCUT2D eigenvalue weighted by atomic mass is 35.5. The minimum atomic E-state index is -0.790. The topological polar surface area (TPSA) is 92.3 Å². The van der Waals surface area contributed by atoms with Crippen LogP contribution in [0.1, 0.15) is 23.9 Å². The van der Waals surface area contributed by atoms with Gasteiger partial charge in [-0.1, -0.05) is 54.1 Å². The minimum absolute atomic E-state index is 0.144. The van der Waals surface area contributed by atoms with Gasteiger partial charge in [0.05, 0.1) is 11.0 Å². The van der Waals surface area contributed by atoms with E-state index in [2.05, 4.69) is 9.55 Å². The van der Waals surface area contributed by atoms with E-state index in [1.165, 1.54) is 0 Å². The maximum Gasteiger partial charge on any atom is 0.404 e. The Labute approximate surface area is 178 Å². The number of para-hydroxylation sites is 1. The zero-order chi connectivity index (χ0) is 21.1. The van der Waals surface area contributed by atoms with E-state index in [1.54, 1.807) is 0 Å². The van der Waals surface area contributed by atoms with E-state index in [4.69, 9.17) is 31.8 Å². The van der Waals surface area contributed by atoms with Crippen molar-refractivity contribution in [2.45, 2.75) is 26.7 Å². The van der Waals surface area contributed by atoms with Gasteiger partial charge >= 0.3 is 6.09 Å². The number of nitrogens with zero attached hydrogens (tertiary/aromatic N) is 3. The second-order valence-corrected chi connectivity index (χ2v) is 7.15. The number of rotatable bonds is 7. The number of carbonyl (C=O) groups is 1. The number of amides is 1. The number of aromatic nitrogens is 3. The first kappa shape index (κ1) is 20.1. The van der Waals surface area contributed by atoms with Crippen LogP contribution in [-0.4, -0.2) is 27.2 Å². The van der Waals surface area contributed by atoms with Crippen LogP contribution < -0.4 is 5.73 Å². The molecule has 2 heterocycles. The summed E-state index contributed by atoms with van der Waals surface area (Å²) in [4.78, 5) is 20.0. The third-order valence-electron chi connectivity index (χ3n) is 4.80. The maximum atomic E-state index is 10.8. The van der Waals surface area contributed by atoms with E-state index in [-0.39, 0.29) is 6.61 Å². The Morgan fingerprint density at radius 3 is 2.53 bits per heavy atom. The van der Waals surface area contributed by atoms with Crippen LogP contribution in [0.5, 0.6) is 0 Å². The van der Waals surface area contributed by atoms with Crippen molar-refractivity contribution in [3.63, 3.8) is 0 Å². The number of nitrogens with two attached hydrogens (primary N) is 1. The van der Waals surface area contributed by atoms with Crippen LogP contribution in [0.4, 0.5) is 4.79 Å². The molecule has 0 aliphatic carbocycles. The third kappa shape index (κ3) is 4.08. The van der Waals surface area contributed by atoms with E-state index in [1.807, 2.05) is 55.5 Å². The molecule has 0 saturated heterocycles. The summed E-state index contributed by atoms with van der Waals surface area (Å²) >= 11 is 6.46. The first-order valence-electron chi connectivity index (χ1n) is 9.58. The molecule has 7 nitrogen and oxygen atoms in total. The average Bonchev–Trinajstić information content (AvgIpc) is 3.11. The molecule has 2 N–H and O–H groups in total. The van der Waals surface area contributed by atoms with Crippen LogP contribution in [0, 0.1) is 0 Å². The molecule has 0 atom stereocenters. The van der Waals surface area contributed by atoms with Crippen LogP contribution >= 0.6 is 11.6 Å². The molecule has 0 radical (unpaired) electrons. The number of primary amides is 1. The van der Waals surface area contributed by atoms with Gasteiger partial charge in [-0.15, -0.1) is 0 Å². The lowest BCUT2D eigenvalue weighted by atomic mass is 10.1. The van der Waals surface area contributed by atoms with Crippen LogP contribution in [0.25, 0.3) is 21.9 Å². The fraction of sp³-hybridized carbons (Fsp3) is 0.227. The number of ether oxygens (including phenoxy) is 2. The number of imidazole rings is 1. The van der Waals surface area contributed by atoms with Crippen molar-refractivity contribution >= 4 is 39.6 Å². The van der Waals surface area contributed by atoms with Crippen molar-refractivity contribution in [2.24, 2.45) is 5.73 Å². The van der Waals surface area contributed by atoms with Gasteiger partial charge in [-0.3, -0.25) is 0 Å². The second-order valence-electron chi connectivity index (χ2n) is 6.79. The largest absolute Gasteiger partial charge is 0.445 e. The molecular weight excluding hydrogens is 404 g/mol. The summed E-state index contributed by atoms with van der Waals surface area (Å²) in [6.45, 7) is 3.64. The molecule has 1 amide bonds. The highest BCUT2D eigenvalue weighted by Crippen LogP contribution is 2.30. The molecule has 4 aromatic rings. The summed E-state index contributed by atoms with van der Waals surface area (Å²) < 4.78 is 12.6. The molecule has 0 saturated carbocycles. The van der Waals surface area contributed by atoms with Crippen LogP contribution in [0.3, 0.4) is 0 Å². The maximum absolute atomic E-state index is 10.8. The molecule has 0 spiro atoms. The van der Waals surface area contributed by atoms with Crippen molar-refractivity contribution in [2.75, 3.05) is 6.61 Å². The molecule has 0 bridgehead atoms. The van der Waals surface area contributed by atoms with Crippen molar-refractivity contribution in [3.8, 4) is 0 Å². The monoisotopic (exact) mass is 424 g/mol. The van der Waals surface area contributed by atoms with Crippen LogP contribution in [-0.2, 0) is 29.2 Å². The van der Waals surface area contributed by atoms with Crippen molar-refractivity contribution in [3.05, 3.63) is 70.6 Å². The predicted molar refractivity (Wildman–Crippen MR) is 115 cm³/mol. The lowest BCUT2D eigenvalue weighted by molar-refractivity contribution is 0.126. The lowest BCUT2D eigenvalue weighted by Crippen LogP contribution is -2.12. The van der Waals surface area contributed by atoms with Gasteiger partial charge in [0.1, 0.15) is 24.6 Å². The van der Waals surface area contributed by atoms with E-state index in [9.17, 15) is 4.79 Å². The van der Waals surface area contributed by atoms with Gasteiger partial charge in [-0.2, -0.15) is 0 Å². The lowest BCUT2D eigenvalue weighted by Gasteiger charge is -2.12. The molecular formula is C22H21ClN4O3. The first-order chi connectivity index (χ1) is 14.6. The van der Waals surface area contributed by atoms with Gasteiger partial charge in [-0.25, -0.2) is 14.8 Å². The number of hydrogen-bond donors (Lipinski definition) is 1. The molecule has 154 valence electrons. The first-order valence-corrected chi connectivity index (χ1v) is 9.95. The molecule has 30 heavy (non-hydrogen) atoms. The Kier molecular flexibility index (Phi) is 5.83. The SMILES string of the molecule is CCOCc1nc2c(Cl)nc3ccccc3c2n1Cc1ccc(COC(N)=O)cc1. The number of carbonyl (C=O) groups excluding carboxylic acids is 1. The fourth-order valence-corrected chi connectivity index (χ4v) is 3.62. The van der Waals surface area contributed by atoms with Gasteiger partial charge in [0.2, 0.25) is 0 Å². The third-order valence-corrected chi connectivity index (χ3v) is 5.06. The fourth-order valence-electron chi connectivity index (χ4n) is 3.40. The number of fused-ring (bicyclic) bond motifs is 3. The summed E-state index contributed by atoms with van der Waals surface area (Å²) in [6, 6.07) is 15.7. The number of halogens is 1. The highest BCUT2D eigenvalue weighted by molar-refractivity contribution is 6.35. The van der Waals surface area contributed by atoms with Crippen LogP contribution in [0.2, 0.25) is 5.15 Å². The Morgan fingerprint density at radius 1 is 1.07 bits per heavy atom. The van der Waals surface area contributed by atoms with E-state index >= 15 is 0 Å². The molecule has 0 unspecified atom stereocenters. The average molecular weight is 425 g/mol. The van der Waals surface area contributed by atoms with Crippen LogP contribution in [0.15, 0.2) is 48.5 Å². The Morgan fingerprint density at radius 2 is 1.80 bits per heavy atom. The standard InChI is InChI=1S/C22H21ClN4O3/c1-2-29-13-18-26-19-20(16-5-3-4-6-17(16)25-21(19)23)27(18)11-14-7-9-15(10-8-14)12-30-22(24)28/h3-10H,2,11-13H2,1H3,(H2,24,28). The van der Waals surface area contributed by atoms with Crippen molar-refractivity contribution < 1.29 is 14.3 Å². The highest BCUT2D eigenvalue weighted by Gasteiger charge is 2.18. The molecule has 0 aliphatic rings. The molecule has 2 aromatic carbocycles. The van der Waals surface area contributed by atoms with E-state index in [0.717, 1.165) is 33.4 Å². The smallest absolute Gasteiger partial charge is 0.404 e. The predicted octanol–water partition coefficient (Wildman–Crippen LogP) is 4.42. The molecule has 2 aromatic heterocycles. The van der Waals surface area contributed by atoms with Gasteiger partial charge in [0, 0.05) is 18.5 Å². The number of pyridine rings is 1. The van der Waals surface area contributed by atoms with Gasteiger partial charge in [0.25, 0.3) is 0 Å². The molecule has 0 fully saturated rings. The molecule has 0 aliphatic heterocycles. The summed E-state index contributed by atoms with van der Waals surface area (Å²) in [5.74, 6) is 0.785. The number of benzene rings is 2. The number of hydrogen-bond acceptors (Lipinski definition) is 5. The molecule has 8 heteroatoms. The summed E-state index contributed by atoms with van der Waals surface area (Å²) in [6.07, 6.45) is -0.790. The van der Waals surface area contributed by atoms with Gasteiger partial charge in [0.15, 0.2) is 5.15 Å². The summed E-state index contributed by atoms with van der Waals surface area (Å²) in [7, 11) is 0. The second kappa shape index (κ2) is 8.69.